The molecule has 0 spiro atoms. The lowest BCUT2D eigenvalue weighted by atomic mass is 10.1. The average molecular weight is 401 g/mol. The lowest BCUT2D eigenvalue weighted by Gasteiger charge is -2.07. The second kappa shape index (κ2) is 9.90. The fourth-order valence-electron chi connectivity index (χ4n) is 2.41. The fourth-order valence-corrected chi connectivity index (χ4v) is 2.54. The molecule has 28 heavy (non-hydrogen) atoms. The van der Waals surface area contributed by atoms with Gasteiger partial charge in [-0.05, 0) is 43.3 Å². The van der Waals surface area contributed by atoms with Crippen molar-refractivity contribution in [3.63, 3.8) is 0 Å². The van der Waals surface area contributed by atoms with Gasteiger partial charge in [0.15, 0.2) is 0 Å². The van der Waals surface area contributed by atoms with Crippen LogP contribution in [0.1, 0.15) is 24.3 Å². The summed E-state index contributed by atoms with van der Waals surface area (Å²) in [4.78, 5) is 11.8. The van der Waals surface area contributed by atoms with Gasteiger partial charge in [0.2, 0.25) is 11.8 Å². The highest BCUT2D eigenvalue weighted by Crippen LogP contribution is 2.19. The Kier molecular flexibility index (Phi) is 7.03. The second-order valence-electron chi connectivity index (χ2n) is 6.24. The standard InChI is InChI=1S/C21H21ClN2O4/c1-15-3-5-16(6-4-15)21-24-23-19(28-21)11-12-20(25)27-14-2-13-26-18-9-7-17(22)8-10-18/h3-10H,2,11-14H2,1H3. The summed E-state index contributed by atoms with van der Waals surface area (Å²) in [5.74, 6) is 1.29. The summed E-state index contributed by atoms with van der Waals surface area (Å²) >= 11 is 5.81. The van der Waals surface area contributed by atoms with E-state index in [0.29, 0.717) is 42.9 Å². The van der Waals surface area contributed by atoms with Gasteiger partial charge in [-0.15, -0.1) is 10.2 Å². The number of aryl methyl sites for hydroxylation is 2. The number of esters is 1. The molecule has 0 radical (unpaired) electrons. The van der Waals surface area contributed by atoms with Crippen LogP contribution in [-0.4, -0.2) is 29.4 Å². The molecule has 3 rings (SSSR count). The summed E-state index contributed by atoms with van der Waals surface area (Å²) in [5, 5.41) is 8.66. The lowest BCUT2D eigenvalue weighted by Crippen LogP contribution is -2.09. The van der Waals surface area contributed by atoms with E-state index in [-0.39, 0.29) is 12.4 Å². The molecule has 0 N–H and O–H groups in total. The first-order valence-electron chi connectivity index (χ1n) is 9.03. The molecule has 0 bridgehead atoms. The zero-order valence-corrected chi connectivity index (χ0v) is 16.3. The minimum Gasteiger partial charge on any atom is -0.493 e. The summed E-state index contributed by atoms with van der Waals surface area (Å²) < 4.78 is 16.3. The molecule has 6 nitrogen and oxygen atoms in total. The second-order valence-corrected chi connectivity index (χ2v) is 6.68. The monoisotopic (exact) mass is 400 g/mol. The maximum atomic E-state index is 11.8. The molecule has 0 aliphatic carbocycles. The fraction of sp³-hybridized carbons (Fsp3) is 0.286. The van der Waals surface area contributed by atoms with Crippen LogP contribution in [0.25, 0.3) is 11.5 Å². The molecular formula is C21H21ClN2O4. The molecule has 0 atom stereocenters. The van der Waals surface area contributed by atoms with E-state index in [4.69, 9.17) is 25.5 Å². The van der Waals surface area contributed by atoms with Gasteiger partial charge < -0.3 is 13.9 Å². The van der Waals surface area contributed by atoms with Crippen molar-refractivity contribution in [2.45, 2.75) is 26.2 Å². The van der Waals surface area contributed by atoms with Crippen molar-refractivity contribution in [2.24, 2.45) is 0 Å². The van der Waals surface area contributed by atoms with Gasteiger partial charge in [0.1, 0.15) is 5.75 Å². The van der Waals surface area contributed by atoms with Gasteiger partial charge in [-0.2, -0.15) is 0 Å². The summed E-state index contributed by atoms with van der Waals surface area (Å²) in [6, 6.07) is 14.9. The quantitative estimate of drug-likeness (QED) is 0.384. The molecule has 1 heterocycles. The van der Waals surface area contributed by atoms with Gasteiger partial charge in [-0.3, -0.25) is 4.79 Å². The molecule has 0 unspecified atom stereocenters. The number of halogens is 1. The van der Waals surface area contributed by atoms with Crippen LogP contribution in [0.5, 0.6) is 5.75 Å². The van der Waals surface area contributed by atoms with Gasteiger partial charge in [0.05, 0.1) is 19.6 Å². The first-order valence-corrected chi connectivity index (χ1v) is 9.41. The van der Waals surface area contributed by atoms with Crippen molar-refractivity contribution in [1.82, 2.24) is 10.2 Å². The summed E-state index contributed by atoms with van der Waals surface area (Å²) in [5.41, 5.74) is 2.01. The highest BCUT2D eigenvalue weighted by molar-refractivity contribution is 6.30. The average Bonchev–Trinajstić information content (AvgIpc) is 3.17. The SMILES string of the molecule is Cc1ccc(-c2nnc(CCC(=O)OCCCOc3ccc(Cl)cc3)o2)cc1. The Morgan fingerprint density at radius 3 is 2.54 bits per heavy atom. The van der Waals surface area contributed by atoms with Crippen LogP contribution in [-0.2, 0) is 16.0 Å². The number of hydrogen-bond donors (Lipinski definition) is 0. The molecule has 1 aromatic heterocycles. The van der Waals surface area contributed by atoms with Crippen molar-refractivity contribution in [1.29, 1.82) is 0 Å². The van der Waals surface area contributed by atoms with E-state index in [1.54, 1.807) is 24.3 Å². The zero-order chi connectivity index (χ0) is 19.8. The van der Waals surface area contributed by atoms with E-state index < -0.39 is 0 Å². The first kappa shape index (κ1) is 19.9. The van der Waals surface area contributed by atoms with Crippen molar-refractivity contribution in [2.75, 3.05) is 13.2 Å². The van der Waals surface area contributed by atoms with Gasteiger partial charge in [0, 0.05) is 23.4 Å². The molecular weight excluding hydrogens is 380 g/mol. The highest BCUT2D eigenvalue weighted by Gasteiger charge is 2.11. The van der Waals surface area contributed by atoms with E-state index in [1.807, 2.05) is 31.2 Å². The van der Waals surface area contributed by atoms with E-state index in [1.165, 1.54) is 0 Å². The van der Waals surface area contributed by atoms with E-state index in [2.05, 4.69) is 10.2 Å². The highest BCUT2D eigenvalue weighted by atomic mass is 35.5. The normalized spacial score (nSPS) is 10.6. The molecule has 3 aromatic rings. The maximum Gasteiger partial charge on any atom is 0.306 e. The Hall–Kier alpha value is -2.86. The van der Waals surface area contributed by atoms with Crippen LogP contribution in [0.4, 0.5) is 0 Å². The van der Waals surface area contributed by atoms with Crippen LogP contribution in [0.15, 0.2) is 52.9 Å². The molecule has 0 aliphatic heterocycles. The molecule has 7 heteroatoms. The Morgan fingerprint density at radius 1 is 1.04 bits per heavy atom. The van der Waals surface area contributed by atoms with E-state index in [9.17, 15) is 4.79 Å². The van der Waals surface area contributed by atoms with Crippen LogP contribution >= 0.6 is 11.6 Å². The summed E-state index contributed by atoms with van der Waals surface area (Å²) in [6.45, 7) is 2.77. The van der Waals surface area contributed by atoms with Gasteiger partial charge in [0.25, 0.3) is 0 Å². The van der Waals surface area contributed by atoms with Crippen LogP contribution in [0.3, 0.4) is 0 Å². The van der Waals surface area contributed by atoms with Crippen LogP contribution in [0, 0.1) is 6.92 Å². The third-order valence-corrected chi connectivity index (χ3v) is 4.19. The predicted octanol–water partition coefficient (Wildman–Crippen LogP) is 4.64. The summed E-state index contributed by atoms with van der Waals surface area (Å²) in [7, 11) is 0. The molecule has 146 valence electrons. The van der Waals surface area contributed by atoms with Gasteiger partial charge >= 0.3 is 5.97 Å². The van der Waals surface area contributed by atoms with Crippen molar-refractivity contribution in [3.05, 3.63) is 65.0 Å². The minimum absolute atomic E-state index is 0.188. The number of ether oxygens (including phenoxy) is 2. The molecule has 0 amide bonds. The number of carbonyl (C=O) groups excluding carboxylic acids is 1. The third kappa shape index (κ3) is 6.09. The van der Waals surface area contributed by atoms with E-state index in [0.717, 1.165) is 16.9 Å². The predicted molar refractivity (Wildman–Crippen MR) is 105 cm³/mol. The molecule has 0 saturated carbocycles. The molecule has 0 aliphatic rings. The Labute approximate surface area is 168 Å². The Morgan fingerprint density at radius 2 is 1.79 bits per heavy atom. The smallest absolute Gasteiger partial charge is 0.306 e. The van der Waals surface area contributed by atoms with Crippen LogP contribution in [0.2, 0.25) is 5.02 Å². The third-order valence-electron chi connectivity index (χ3n) is 3.94. The van der Waals surface area contributed by atoms with Crippen molar-refractivity contribution in [3.8, 4) is 17.2 Å². The number of benzene rings is 2. The number of carbonyl (C=O) groups is 1. The Balaban J connectivity index is 1.33. The first-order chi connectivity index (χ1) is 13.6. The van der Waals surface area contributed by atoms with Crippen molar-refractivity contribution < 1.29 is 18.7 Å². The van der Waals surface area contributed by atoms with E-state index >= 15 is 0 Å². The van der Waals surface area contributed by atoms with Gasteiger partial charge in [-0.1, -0.05) is 29.3 Å². The van der Waals surface area contributed by atoms with Crippen molar-refractivity contribution >= 4 is 17.6 Å². The molecule has 0 saturated heterocycles. The number of rotatable bonds is 9. The topological polar surface area (TPSA) is 74.5 Å². The molecule has 2 aromatic carbocycles. The van der Waals surface area contributed by atoms with Crippen LogP contribution < -0.4 is 4.74 Å². The number of nitrogens with zero attached hydrogens (tertiary/aromatic N) is 2. The lowest BCUT2D eigenvalue weighted by molar-refractivity contribution is -0.143. The maximum absolute atomic E-state index is 11.8. The number of aromatic nitrogens is 2. The summed E-state index contributed by atoms with van der Waals surface area (Å²) in [6.07, 6.45) is 1.14. The Bertz CT molecular complexity index is 892. The largest absolute Gasteiger partial charge is 0.493 e. The zero-order valence-electron chi connectivity index (χ0n) is 15.6. The minimum atomic E-state index is -0.304. The number of hydrogen-bond acceptors (Lipinski definition) is 6. The molecule has 0 fully saturated rings. The van der Waals surface area contributed by atoms with Gasteiger partial charge in [-0.25, -0.2) is 0 Å².